The molecular formula is C19H18BrN. The van der Waals surface area contributed by atoms with Crippen molar-refractivity contribution in [1.82, 2.24) is 5.32 Å². The average Bonchev–Trinajstić information content (AvgIpc) is 2.53. The summed E-state index contributed by atoms with van der Waals surface area (Å²) < 4.78 is 1.14. The summed E-state index contributed by atoms with van der Waals surface area (Å²) in [5.74, 6) is 0. The van der Waals surface area contributed by atoms with Gasteiger partial charge in [0.05, 0.1) is 6.04 Å². The molecule has 0 heterocycles. The Labute approximate surface area is 134 Å². The van der Waals surface area contributed by atoms with E-state index in [-0.39, 0.29) is 6.04 Å². The number of hydrogen-bond acceptors (Lipinski definition) is 1. The molecule has 3 rings (SSSR count). The lowest BCUT2D eigenvalue weighted by atomic mass is 9.96. The van der Waals surface area contributed by atoms with Gasteiger partial charge in [-0.25, -0.2) is 0 Å². The fraction of sp³-hybridized carbons (Fsp3) is 0.158. The van der Waals surface area contributed by atoms with Crippen molar-refractivity contribution in [3.8, 4) is 0 Å². The van der Waals surface area contributed by atoms with Crippen LogP contribution < -0.4 is 5.32 Å². The van der Waals surface area contributed by atoms with E-state index in [2.05, 4.69) is 94.9 Å². The van der Waals surface area contributed by atoms with Crippen molar-refractivity contribution in [1.29, 1.82) is 0 Å². The second-order valence-corrected chi connectivity index (χ2v) is 5.97. The number of benzene rings is 3. The molecule has 1 unspecified atom stereocenters. The van der Waals surface area contributed by atoms with Gasteiger partial charge < -0.3 is 5.32 Å². The summed E-state index contributed by atoms with van der Waals surface area (Å²) in [6.07, 6.45) is 0. The van der Waals surface area contributed by atoms with Gasteiger partial charge in [0.25, 0.3) is 0 Å². The van der Waals surface area contributed by atoms with E-state index in [1.54, 1.807) is 0 Å². The molecule has 0 aromatic heterocycles. The zero-order valence-corrected chi connectivity index (χ0v) is 13.6. The molecule has 106 valence electrons. The lowest BCUT2D eigenvalue weighted by Gasteiger charge is -2.20. The van der Waals surface area contributed by atoms with E-state index in [4.69, 9.17) is 0 Å². The predicted octanol–water partition coefficient (Wildman–Crippen LogP) is 5.30. The number of hydrogen-bond donors (Lipinski definition) is 1. The maximum atomic E-state index is 3.67. The molecular weight excluding hydrogens is 322 g/mol. The van der Waals surface area contributed by atoms with E-state index in [1.807, 2.05) is 0 Å². The van der Waals surface area contributed by atoms with E-state index < -0.39 is 0 Å². The van der Waals surface area contributed by atoms with Crippen LogP contribution in [0.15, 0.2) is 71.2 Å². The smallest absolute Gasteiger partial charge is 0.0588 e. The van der Waals surface area contributed by atoms with Crippen LogP contribution >= 0.6 is 15.9 Å². The molecule has 2 heteroatoms. The minimum Gasteiger partial charge on any atom is -0.306 e. The molecule has 0 spiro atoms. The van der Waals surface area contributed by atoms with E-state index in [1.165, 1.54) is 21.9 Å². The Kier molecular flexibility index (Phi) is 4.37. The summed E-state index contributed by atoms with van der Waals surface area (Å²) in [6, 6.07) is 23.8. The van der Waals surface area contributed by atoms with Gasteiger partial charge in [0.15, 0.2) is 0 Å². The van der Waals surface area contributed by atoms with Crippen molar-refractivity contribution >= 4 is 26.7 Å². The first-order valence-corrected chi connectivity index (χ1v) is 8.05. The topological polar surface area (TPSA) is 12.0 Å². The molecule has 21 heavy (non-hydrogen) atoms. The van der Waals surface area contributed by atoms with Gasteiger partial charge in [-0.05, 0) is 40.6 Å². The van der Waals surface area contributed by atoms with Crippen LogP contribution in [-0.2, 0) is 0 Å². The van der Waals surface area contributed by atoms with Crippen LogP contribution in [0.2, 0.25) is 0 Å². The number of halogens is 1. The van der Waals surface area contributed by atoms with Gasteiger partial charge in [0.2, 0.25) is 0 Å². The summed E-state index contributed by atoms with van der Waals surface area (Å²) in [5, 5.41) is 6.15. The van der Waals surface area contributed by atoms with Crippen molar-refractivity contribution in [3.63, 3.8) is 0 Å². The normalized spacial score (nSPS) is 12.5. The number of rotatable bonds is 4. The number of fused-ring (bicyclic) bond motifs is 1. The van der Waals surface area contributed by atoms with E-state index >= 15 is 0 Å². The van der Waals surface area contributed by atoms with E-state index in [0.29, 0.717) is 0 Å². The molecule has 1 nitrogen and oxygen atoms in total. The molecule has 0 saturated carbocycles. The van der Waals surface area contributed by atoms with Crippen molar-refractivity contribution in [2.75, 3.05) is 6.54 Å². The third-order valence-electron chi connectivity index (χ3n) is 3.73. The molecule has 0 aliphatic rings. The molecule has 0 radical (unpaired) electrons. The first-order valence-electron chi connectivity index (χ1n) is 7.26. The maximum absolute atomic E-state index is 3.67. The molecule has 3 aromatic rings. The Morgan fingerprint density at radius 3 is 2.38 bits per heavy atom. The summed E-state index contributed by atoms with van der Waals surface area (Å²) in [7, 11) is 0. The number of nitrogens with one attached hydrogen (secondary N) is 1. The average molecular weight is 340 g/mol. The summed E-state index contributed by atoms with van der Waals surface area (Å²) in [5.41, 5.74) is 2.57. The van der Waals surface area contributed by atoms with Crippen LogP contribution in [0, 0.1) is 0 Å². The van der Waals surface area contributed by atoms with Crippen LogP contribution in [0.4, 0.5) is 0 Å². The highest BCUT2D eigenvalue weighted by atomic mass is 79.9. The molecule has 0 aliphatic heterocycles. The maximum Gasteiger partial charge on any atom is 0.0588 e. The molecule has 1 N–H and O–H groups in total. The van der Waals surface area contributed by atoms with E-state index in [9.17, 15) is 0 Å². The Hall–Kier alpha value is -1.64. The van der Waals surface area contributed by atoms with Crippen molar-refractivity contribution in [2.24, 2.45) is 0 Å². The van der Waals surface area contributed by atoms with Crippen molar-refractivity contribution in [2.45, 2.75) is 13.0 Å². The fourth-order valence-corrected chi connectivity index (χ4v) is 3.22. The van der Waals surface area contributed by atoms with E-state index in [0.717, 1.165) is 11.0 Å². The van der Waals surface area contributed by atoms with Crippen LogP contribution in [0.3, 0.4) is 0 Å². The monoisotopic (exact) mass is 339 g/mol. The highest BCUT2D eigenvalue weighted by Crippen LogP contribution is 2.30. The van der Waals surface area contributed by atoms with Crippen LogP contribution in [0.25, 0.3) is 10.8 Å². The molecule has 0 amide bonds. The summed E-state index contributed by atoms with van der Waals surface area (Å²) in [4.78, 5) is 0. The standard InChI is InChI=1S/C19H18BrN/c1-2-21-19(17-9-5-6-10-18(17)20)16-12-11-14-7-3-4-8-15(14)13-16/h3-13,19,21H,2H2,1H3. The van der Waals surface area contributed by atoms with Crippen molar-refractivity contribution < 1.29 is 0 Å². The highest BCUT2D eigenvalue weighted by Gasteiger charge is 2.15. The lowest BCUT2D eigenvalue weighted by molar-refractivity contribution is 0.629. The van der Waals surface area contributed by atoms with Crippen molar-refractivity contribution in [3.05, 3.63) is 82.3 Å². The van der Waals surface area contributed by atoms with Gasteiger partial charge in [-0.2, -0.15) is 0 Å². The first kappa shape index (κ1) is 14.3. The van der Waals surface area contributed by atoms with Gasteiger partial charge >= 0.3 is 0 Å². The molecule has 0 bridgehead atoms. The Morgan fingerprint density at radius 1 is 0.905 bits per heavy atom. The van der Waals surface area contributed by atoms with Gasteiger partial charge in [0, 0.05) is 4.47 Å². The highest BCUT2D eigenvalue weighted by molar-refractivity contribution is 9.10. The Morgan fingerprint density at radius 2 is 1.62 bits per heavy atom. The minimum absolute atomic E-state index is 0.204. The minimum atomic E-state index is 0.204. The second-order valence-electron chi connectivity index (χ2n) is 5.12. The molecule has 0 saturated heterocycles. The largest absolute Gasteiger partial charge is 0.306 e. The first-order chi connectivity index (χ1) is 10.3. The lowest BCUT2D eigenvalue weighted by Crippen LogP contribution is -2.22. The second kappa shape index (κ2) is 6.42. The van der Waals surface area contributed by atoms with Gasteiger partial charge in [0.1, 0.15) is 0 Å². The third-order valence-corrected chi connectivity index (χ3v) is 4.45. The molecule has 0 aliphatic carbocycles. The quantitative estimate of drug-likeness (QED) is 0.679. The van der Waals surface area contributed by atoms with Crippen LogP contribution in [-0.4, -0.2) is 6.54 Å². The summed E-state index contributed by atoms with van der Waals surface area (Å²) in [6.45, 7) is 3.07. The van der Waals surface area contributed by atoms with Gasteiger partial charge in [-0.1, -0.05) is 77.5 Å². The SMILES string of the molecule is CCNC(c1ccc2ccccc2c1)c1ccccc1Br. The Bertz CT molecular complexity index is 751. The zero-order valence-electron chi connectivity index (χ0n) is 12.0. The fourth-order valence-electron chi connectivity index (χ4n) is 2.71. The molecule has 1 atom stereocenters. The summed E-state index contributed by atoms with van der Waals surface area (Å²) >= 11 is 3.67. The van der Waals surface area contributed by atoms with Gasteiger partial charge in [-0.15, -0.1) is 0 Å². The van der Waals surface area contributed by atoms with Gasteiger partial charge in [-0.3, -0.25) is 0 Å². The molecule has 0 fully saturated rings. The van der Waals surface area contributed by atoms with Crippen LogP contribution in [0.5, 0.6) is 0 Å². The molecule has 3 aromatic carbocycles. The predicted molar refractivity (Wildman–Crippen MR) is 93.6 cm³/mol. The third kappa shape index (κ3) is 3.02. The Balaban J connectivity index is 2.09. The zero-order chi connectivity index (χ0) is 14.7. The van der Waals surface area contributed by atoms with Crippen LogP contribution in [0.1, 0.15) is 24.1 Å².